The van der Waals surface area contributed by atoms with Gasteiger partial charge in [0.05, 0.1) is 12.7 Å². The number of carbonyl (C=O) groups is 1. The number of para-hydroxylation sites is 1. The quantitative estimate of drug-likeness (QED) is 0.869. The molecule has 1 amide bonds. The second-order valence-electron chi connectivity index (χ2n) is 7.37. The Hall–Kier alpha value is -2.83. The Kier molecular flexibility index (Phi) is 4.59. The fraction of sp³-hybridized carbons (Fsp3) is 0.450. The van der Waals surface area contributed by atoms with E-state index in [4.69, 9.17) is 4.74 Å². The maximum Gasteiger partial charge on any atom is 0.258 e. The molecular weight excluding hydrogens is 344 g/mol. The third kappa shape index (κ3) is 3.29. The minimum atomic E-state index is -0.378. The monoisotopic (exact) mass is 368 g/mol. The van der Waals surface area contributed by atoms with Gasteiger partial charge in [0.2, 0.25) is 11.9 Å². The van der Waals surface area contributed by atoms with Gasteiger partial charge in [-0.15, -0.1) is 0 Å². The van der Waals surface area contributed by atoms with Crippen LogP contribution in [0.4, 0.5) is 11.8 Å². The SMILES string of the molecule is COc1ccccc1[C@H]1CC(=O)Nc2nc(N3CCC(C)CC3)[nH]c(=O)c21. The second kappa shape index (κ2) is 7.06. The third-order valence-corrected chi connectivity index (χ3v) is 5.54. The Labute approximate surface area is 157 Å². The molecule has 142 valence electrons. The number of nitrogens with zero attached hydrogens (tertiary/aromatic N) is 2. The van der Waals surface area contributed by atoms with Crippen LogP contribution < -0.4 is 20.5 Å². The first-order valence-corrected chi connectivity index (χ1v) is 9.38. The van der Waals surface area contributed by atoms with E-state index >= 15 is 0 Å². The number of benzene rings is 1. The zero-order valence-corrected chi connectivity index (χ0v) is 15.6. The van der Waals surface area contributed by atoms with Gasteiger partial charge in [0, 0.05) is 31.0 Å². The molecule has 7 nitrogen and oxygen atoms in total. The second-order valence-corrected chi connectivity index (χ2v) is 7.37. The van der Waals surface area contributed by atoms with E-state index in [9.17, 15) is 9.59 Å². The number of carbonyl (C=O) groups excluding carboxylic acids is 1. The van der Waals surface area contributed by atoms with Crippen molar-refractivity contribution >= 4 is 17.7 Å². The van der Waals surface area contributed by atoms with E-state index in [0.717, 1.165) is 31.5 Å². The van der Waals surface area contributed by atoms with E-state index in [1.807, 2.05) is 24.3 Å². The summed E-state index contributed by atoms with van der Waals surface area (Å²) in [5, 5.41) is 2.79. The number of aromatic amines is 1. The Balaban J connectivity index is 1.76. The highest BCUT2D eigenvalue weighted by molar-refractivity contribution is 5.94. The van der Waals surface area contributed by atoms with Crippen LogP contribution in [0.5, 0.6) is 5.75 Å². The largest absolute Gasteiger partial charge is 0.496 e. The molecule has 1 aromatic heterocycles. The van der Waals surface area contributed by atoms with E-state index in [-0.39, 0.29) is 23.8 Å². The molecule has 0 unspecified atom stereocenters. The van der Waals surface area contributed by atoms with Gasteiger partial charge in [-0.05, 0) is 24.8 Å². The van der Waals surface area contributed by atoms with Gasteiger partial charge in [-0.2, -0.15) is 4.98 Å². The summed E-state index contributed by atoms with van der Waals surface area (Å²) in [6, 6.07) is 7.49. The molecule has 1 saturated heterocycles. The zero-order chi connectivity index (χ0) is 19.0. The molecule has 7 heteroatoms. The van der Waals surface area contributed by atoms with E-state index in [2.05, 4.69) is 27.1 Å². The van der Waals surface area contributed by atoms with Crippen LogP contribution in [0.1, 0.15) is 43.2 Å². The Bertz CT molecular complexity index is 916. The maximum absolute atomic E-state index is 13.0. The molecule has 0 aliphatic carbocycles. The molecule has 0 bridgehead atoms. The highest BCUT2D eigenvalue weighted by Gasteiger charge is 2.33. The molecule has 0 radical (unpaired) electrons. The predicted molar refractivity (Wildman–Crippen MR) is 104 cm³/mol. The average molecular weight is 368 g/mol. The number of H-pyrrole nitrogens is 1. The Morgan fingerprint density at radius 3 is 2.67 bits per heavy atom. The van der Waals surface area contributed by atoms with Crippen molar-refractivity contribution in [3.8, 4) is 5.75 Å². The molecule has 1 atom stereocenters. The van der Waals surface area contributed by atoms with E-state index < -0.39 is 0 Å². The molecule has 3 heterocycles. The lowest BCUT2D eigenvalue weighted by atomic mass is 9.86. The first kappa shape index (κ1) is 17.6. The lowest BCUT2D eigenvalue weighted by Gasteiger charge is -2.32. The van der Waals surface area contributed by atoms with Gasteiger partial charge in [0.25, 0.3) is 5.56 Å². The minimum Gasteiger partial charge on any atom is -0.496 e. The van der Waals surface area contributed by atoms with Crippen LogP contribution in [0, 0.1) is 5.92 Å². The highest BCUT2D eigenvalue weighted by Crippen LogP contribution is 2.38. The summed E-state index contributed by atoms with van der Waals surface area (Å²) >= 11 is 0. The van der Waals surface area contributed by atoms with Crippen molar-refractivity contribution in [2.75, 3.05) is 30.4 Å². The van der Waals surface area contributed by atoms with Crippen LogP contribution in [-0.4, -0.2) is 36.1 Å². The number of nitrogens with one attached hydrogen (secondary N) is 2. The summed E-state index contributed by atoms with van der Waals surface area (Å²) in [5.41, 5.74) is 1.11. The number of methoxy groups -OCH3 is 1. The minimum absolute atomic E-state index is 0.144. The summed E-state index contributed by atoms with van der Waals surface area (Å²) in [4.78, 5) is 34.9. The first-order chi connectivity index (χ1) is 13.1. The molecule has 0 spiro atoms. The Morgan fingerprint density at radius 1 is 1.19 bits per heavy atom. The van der Waals surface area contributed by atoms with Crippen molar-refractivity contribution < 1.29 is 9.53 Å². The third-order valence-electron chi connectivity index (χ3n) is 5.54. The summed E-state index contributed by atoms with van der Waals surface area (Å²) in [7, 11) is 1.59. The van der Waals surface area contributed by atoms with Crippen molar-refractivity contribution in [1.29, 1.82) is 0 Å². The molecule has 27 heavy (non-hydrogen) atoms. The van der Waals surface area contributed by atoms with Gasteiger partial charge in [0.15, 0.2) is 0 Å². The van der Waals surface area contributed by atoms with Crippen molar-refractivity contribution in [2.24, 2.45) is 5.92 Å². The van der Waals surface area contributed by atoms with E-state index in [1.54, 1.807) is 7.11 Å². The molecule has 2 aromatic rings. The molecule has 1 fully saturated rings. The smallest absolute Gasteiger partial charge is 0.258 e. The lowest BCUT2D eigenvalue weighted by molar-refractivity contribution is -0.116. The van der Waals surface area contributed by atoms with Crippen LogP contribution in [0.25, 0.3) is 0 Å². The highest BCUT2D eigenvalue weighted by atomic mass is 16.5. The van der Waals surface area contributed by atoms with Crippen LogP contribution in [0.2, 0.25) is 0 Å². The topological polar surface area (TPSA) is 87.3 Å². The zero-order valence-electron chi connectivity index (χ0n) is 15.6. The van der Waals surface area contributed by atoms with Crippen molar-refractivity contribution in [3.05, 3.63) is 45.7 Å². The van der Waals surface area contributed by atoms with E-state index in [0.29, 0.717) is 29.0 Å². The molecule has 2 aliphatic heterocycles. The number of ether oxygens (including phenoxy) is 1. The number of fused-ring (bicyclic) bond motifs is 1. The van der Waals surface area contributed by atoms with Crippen molar-refractivity contribution in [3.63, 3.8) is 0 Å². The van der Waals surface area contributed by atoms with Gasteiger partial charge in [-0.3, -0.25) is 14.6 Å². The maximum atomic E-state index is 13.0. The standard InChI is InChI=1S/C20H24N4O3/c1-12-7-9-24(10-8-12)20-22-18-17(19(26)23-20)14(11-16(25)21-18)13-5-3-4-6-15(13)27-2/h3-6,12,14H,7-11H2,1-2H3,(H2,21,22,23,25,26)/t14-/m1/s1. The summed E-state index contributed by atoms with van der Waals surface area (Å²) in [5.74, 6) is 1.72. The number of anilines is 2. The fourth-order valence-corrected chi connectivity index (χ4v) is 3.95. The normalized spacial score (nSPS) is 20.1. The fourth-order valence-electron chi connectivity index (χ4n) is 3.95. The van der Waals surface area contributed by atoms with Gasteiger partial charge in [-0.25, -0.2) is 0 Å². The molecule has 0 saturated carbocycles. The molecule has 1 aromatic carbocycles. The molecule has 4 rings (SSSR count). The molecular formula is C20H24N4O3. The lowest BCUT2D eigenvalue weighted by Crippen LogP contribution is -2.37. The van der Waals surface area contributed by atoms with Crippen LogP contribution in [0.3, 0.4) is 0 Å². The number of piperidine rings is 1. The van der Waals surface area contributed by atoms with Gasteiger partial charge in [-0.1, -0.05) is 25.1 Å². The van der Waals surface area contributed by atoms with Crippen molar-refractivity contribution in [1.82, 2.24) is 9.97 Å². The summed E-state index contributed by atoms with van der Waals surface area (Å²) < 4.78 is 5.45. The van der Waals surface area contributed by atoms with Crippen LogP contribution >= 0.6 is 0 Å². The number of rotatable bonds is 3. The Morgan fingerprint density at radius 2 is 1.93 bits per heavy atom. The molecule has 2 aliphatic rings. The van der Waals surface area contributed by atoms with Gasteiger partial charge < -0.3 is 15.0 Å². The number of aromatic nitrogens is 2. The number of hydrogen-bond acceptors (Lipinski definition) is 5. The number of hydrogen-bond donors (Lipinski definition) is 2. The number of amides is 1. The average Bonchev–Trinajstić information content (AvgIpc) is 2.67. The predicted octanol–water partition coefficient (Wildman–Crippen LogP) is 2.49. The van der Waals surface area contributed by atoms with Crippen molar-refractivity contribution in [2.45, 2.75) is 32.1 Å². The summed E-state index contributed by atoms with van der Waals surface area (Å²) in [6.07, 6.45) is 2.33. The summed E-state index contributed by atoms with van der Waals surface area (Å²) in [6.45, 7) is 3.94. The van der Waals surface area contributed by atoms with Gasteiger partial charge >= 0.3 is 0 Å². The van der Waals surface area contributed by atoms with Crippen LogP contribution in [-0.2, 0) is 4.79 Å². The first-order valence-electron chi connectivity index (χ1n) is 9.38. The molecule has 2 N–H and O–H groups in total. The van der Waals surface area contributed by atoms with Gasteiger partial charge in [0.1, 0.15) is 11.6 Å². The van der Waals surface area contributed by atoms with Crippen LogP contribution in [0.15, 0.2) is 29.1 Å². The van der Waals surface area contributed by atoms with E-state index in [1.165, 1.54) is 0 Å².